The summed E-state index contributed by atoms with van der Waals surface area (Å²) >= 11 is 5.99. The molecule has 2 aromatic carbocycles. The molecular weight excluding hydrogens is 366 g/mol. The van der Waals surface area contributed by atoms with Gasteiger partial charge in [-0.3, -0.25) is 4.79 Å². The molecule has 0 aliphatic heterocycles. The summed E-state index contributed by atoms with van der Waals surface area (Å²) in [6.45, 7) is 5.38. The maximum atomic E-state index is 12.2. The van der Waals surface area contributed by atoms with Crippen molar-refractivity contribution in [3.63, 3.8) is 0 Å². The normalized spacial score (nSPS) is 12.0. The zero-order valence-electron chi connectivity index (χ0n) is 15.3. The van der Waals surface area contributed by atoms with E-state index in [1.807, 2.05) is 38.1 Å². The molecule has 0 saturated heterocycles. The third-order valence-electron chi connectivity index (χ3n) is 4.40. The lowest BCUT2D eigenvalue weighted by Gasteiger charge is -2.16. The van der Waals surface area contributed by atoms with Crippen LogP contribution in [-0.4, -0.2) is 12.5 Å². The number of carbonyl (C=O) groups is 1. The number of halogens is 1. The van der Waals surface area contributed by atoms with Crippen LogP contribution >= 0.6 is 11.6 Å². The Kier molecular flexibility index (Phi) is 5.51. The molecule has 1 N–H and O–H groups in total. The highest BCUT2D eigenvalue weighted by Gasteiger charge is 2.13. The molecule has 1 amide bonds. The Labute approximate surface area is 161 Å². The Bertz CT molecular complexity index is 1060. The fourth-order valence-corrected chi connectivity index (χ4v) is 3.14. The molecule has 0 saturated carbocycles. The molecule has 0 fully saturated rings. The summed E-state index contributed by atoms with van der Waals surface area (Å²) in [7, 11) is 0. The summed E-state index contributed by atoms with van der Waals surface area (Å²) in [5.41, 5.74) is 2.50. The molecular formula is C21H20ClNO4. The highest BCUT2D eigenvalue weighted by Crippen LogP contribution is 2.28. The van der Waals surface area contributed by atoms with Gasteiger partial charge in [-0.25, -0.2) is 4.79 Å². The molecule has 1 aromatic heterocycles. The van der Waals surface area contributed by atoms with Crippen molar-refractivity contribution < 1.29 is 13.9 Å². The molecule has 3 rings (SSSR count). The summed E-state index contributed by atoms with van der Waals surface area (Å²) < 4.78 is 11.0. The minimum Gasteiger partial charge on any atom is -0.483 e. The number of aryl methyl sites for hydroxylation is 2. The van der Waals surface area contributed by atoms with Gasteiger partial charge in [-0.15, -0.1) is 0 Å². The van der Waals surface area contributed by atoms with Crippen LogP contribution < -0.4 is 15.7 Å². The van der Waals surface area contributed by atoms with Gasteiger partial charge in [0.1, 0.15) is 11.3 Å². The second kappa shape index (κ2) is 7.84. The average molecular weight is 386 g/mol. The fourth-order valence-electron chi connectivity index (χ4n) is 2.94. The topological polar surface area (TPSA) is 68.5 Å². The quantitative estimate of drug-likeness (QED) is 0.664. The van der Waals surface area contributed by atoms with E-state index in [0.29, 0.717) is 21.9 Å². The van der Waals surface area contributed by atoms with E-state index < -0.39 is 5.63 Å². The Morgan fingerprint density at radius 3 is 2.74 bits per heavy atom. The molecule has 5 nitrogen and oxygen atoms in total. The molecule has 6 heteroatoms. The van der Waals surface area contributed by atoms with E-state index in [4.69, 9.17) is 20.8 Å². The molecule has 3 aromatic rings. The highest BCUT2D eigenvalue weighted by atomic mass is 35.5. The first-order chi connectivity index (χ1) is 12.8. The second-order valence-electron chi connectivity index (χ2n) is 6.45. The Morgan fingerprint density at radius 1 is 1.22 bits per heavy atom. The number of hydrogen-bond donors (Lipinski definition) is 1. The molecule has 0 unspecified atom stereocenters. The predicted octanol–water partition coefficient (Wildman–Crippen LogP) is 4.32. The number of hydrogen-bond acceptors (Lipinski definition) is 4. The first-order valence-electron chi connectivity index (χ1n) is 8.57. The first kappa shape index (κ1) is 19.0. The summed E-state index contributed by atoms with van der Waals surface area (Å²) in [6, 6.07) is 12.2. The van der Waals surface area contributed by atoms with Crippen molar-refractivity contribution >= 4 is 28.5 Å². The van der Waals surface area contributed by atoms with Crippen LogP contribution in [0, 0.1) is 13.8 Å². The lowest BCUT2D eigenvalue weighted by molar-refractivity contribution is -0.123. The fraction of sp³-hybridized carbons (Fsp3) is 0.238. The molecule has 140 valence electrons. The van der Waals surface area contributed by atoms with E-state index >= 15 is 0 Å². The van der Waals surface area contributed by atoms with E-state index in [2.05, 4.69) is 5.32 Å². The third-order valence-corrected chi connectivity index (χ3v) is 4.64. The zero-order chi connectivity index (χ0) is 19.6. The summed E-state index contributed by atoms with van der Waals surface area (Å²) in [5.74, 6) is 0.245. The van der Waals surface area contributed by atoms with E-state index in [1.165, 1.54) is 6.07 Å². The van der Waals surface area contributed by atoms with Gasteiger partial charge in [-0.05, 0) is 56.2 Å². The Morgan fingerprint density at radius 2 is 2.00 bits per heavy atom. The van der Waals surface area contributed by atoms with Gasteiger partial charge in [0.05, 0.1) is 6.04 Å². The van der Waals surface area contributed by atoms with Gasteiger partial charge >= 0.3 is 5.63 Å². The van der Waals surface area contributed by atoms with Crippen molar-refractivity contribution in [3.05, 3.63) is 74.6 Å². The van der Waals surface area contributed by atoms with Crippen LogP contribution in [0.25, 0.3) is 11.0 Å². The summed E-state index contributed by atoms with van der Waals surface area (Å²) in [5, 5.41) is 4.34. The largest absolute Gasteiger partial charge is 0.483 e. The number of rotatable bonds is 5. The number of ether oxygens (including phenoxy) is 1. The van der Waals surface area contributed by atoms with Gasteiger partial charge in [-0.1, -0.05) is 23.7 Å². The zero-order valence-corrected chi connectivity index (χ0v) is 16.1. The molecule has 0 bridgehead atoms. The average Bonchev–Trinajstić information content (AvgIpc) is 2.61. The van der Waals surface area contributed by atoms with Crippen LogP contribution in [0.15, 0.2) is 51.7 Å². The van der Waals surface area contributed by atoms with Crippen LogP contribution in [-0.2, 0) is 4.79 Å². The first-order valence-corrected chi connectivity index (χ1v) is 8.94. The molecule has 27 heavy (non-hydrogen) atoms. The molecule has 1 atom stereocenters. The van der Waals surface area contributed by atoms with Crippen LogP contribution in [0.3, 0.4) is 0 Å². The molecule has 0 spiro atoms. The van der Waals surface area contributed by atoms with Crippen LogP contribution in [0.5, 0.6) is 5.75 Å². The number of fused-ring (bicyclic) bond motifs is 1. The Hall–Kier alpha value is -2.79. The van der Waals surface area contributed by atoms with Gasteiger partial charge in [0.15, 0.2) is 6.61 Å². The SMILES string of the molecule is Cc1cc(=O)oc2c(C)c(OCC(=O)N[C@@H](C)c3cccc(Cl)c3)ccc12. The van der Waals surface area contributed by atoms with Crippen LogP contribution in [0.4, 0.5) is 0 Å². The van der Waals surface area contributed by atoms with Crippen molar-refractivity contribution in [2.45, 2.75) is 26.8 Å². The van der Waals surface area contributed by atoms with Gasteiger partial charge in [0.2, 0.25) is 0 Å². The number of benzene rings is 2. The molecule has 0 aliphatic carbocycles. The smallest absolute Gasteiger partial charge is 0.336 e. The van der Waals surface area contributed by atoms with Crippen molar-refractivity contribution in [1.29, 1.82) is 0 Å². The van der Waals surface area contributed by atoms with Crippen LogP contribution in [0.2, 0.25) is 5.02 Å². The van der Waals surface area contributed by atoms with Gasteiger partial charge in [-0.2, -0.15) is 0 Å². The maximum Gasteiger partial charge on any atom is 0.336 e. The second-order valence-corrected chi connectivity index (χ2v) is 6.88. The van der Waals surface area contributed by atoms with Gasteiger partial charge < -0.3 is 14.5 Å². The number of amides is 1. The van der Waals surface area contributed by atoms with Crippen molar-refractivity contribution in [2.24, 2.45) is 0 Å². The molecule has 0 radical (unpaired) electrons. The van der Waals surface area contributed by atoms with E-state index in [1.54, 1.807) is 19.1 Å². The van der Waals surface area contributed by atoms with Gasteiger partial charge in [0.25, 0.3) is 5.91 Å². The molecule has 1 heterocycles. The third kappa shape index (κ3) is 4.31. The summed E-state index contributed by atoms with van der Waals surface area (Å²) in [4.78, 5) is 23.9. The van der Waals surface area contributed by atoms with Crippen LogP contribution in [0.1, 0.15) is 29.7 Å². The lowest BCUT2D eigenvalue weighted by atomic mass is 10.1. The van der Waals surface area contributed by atoms with Gasteiger partial charge in [0, 0.05) is 22.0 Å². The lowest BCUT2D eigenvalue weighted by Crippen LogP contribution is -2.31. The maximum absolute atomic E-state index is 12.2. The van der Waals surface area contributed by atoms with E-state index in [-0.39, 0.29) is 18.6 Å². The minimum absolute atomic E-state index is 0.146. The number of carbonyl (C=O) groups excluding carboxylic acids is 1. The van der Waals surface area contributed by atoms with Crippen molar-refractivity contribution in [2.75, 3.05) is 6.61 Å². The highest BCUT2D eigenvalue weighted by molar-refractivity contribution is 6.30. The molecule has 0 aliphatic rings. The van der Waals surface area contributed by atoms with Crippen molar-refractivity contribution in [1.82, 2.24) is 5.32 Å². The van der Waals surface area contributed by atoms with E-state index in [9.17, 15) is 9.59 Å². The predicted molar refractivity (Wildman–Crippen MR) is 105 cm³/mol. The monoisotopic (exact) mass is 385 g/mol. The van der Waals surface area contributed by atoms with E-state index in [0.717, 1.165) is 16.5 Å². The standard InChI is InChI=1S/C21H20ClNO4/c1-12-9-20(25)27-21-13(2)18(8-7-17(12)21)26-11-19(24)23-14(3)15-5-4-6-16(22)10-15/h4-10,14H,11H2,1-3H3,(H,23,24)/t14-/m0/s1. The minimum atomic E-state index is -0.409. The summed E-state index contributed by atoms with van der Waals surface area (Å²) in [6.07, 6.45) is 0. The van der Waals surface area contributed by atoms with Crippen molar-refractivity contribution in [3.8, 4) is 5.75 Å². The Balaban J connectivity index is 1.70. The number of nitrogens with one attached hydrogen (secondary N) is 1.